The molecule has 3 aromatic carbocycles. The largest absolute Gasteiger partial charge is 0.491 e. The molecule has 4 rings (SSSR count). The van der Waals surface area contributed by atoms with E-state index >= 15 is 0 Å². The number of carbonyl (C=O) groups excluding carboxylic acids is 2. The zero-order chi connectivity index (χ0) is 24.4. The summed E-state index contributed by atoms with van der Waals surface area (Å²) >= 11 is 0. The van der Waals surface area contributed by atoms with Gasteiger partial charge in [0.05, 0.1) is 17.4 Å². The Morgan fingerprint density at radius 1 is 0.882 bits per heavy atom. The van der Waals surface area contributed by atoms with Gasteiger partial charge in [-0.2, -0.15) is 0 Å². The molecule has 1 heterocycles. The van der Waals surface area contributed by atoms with E-state index in [0.29, 0.717) is 22.6 Å². The van der Waals surface area contributed by atoms with E-state index in [2.05, 4.69) is 12.2 Å². The van der Waals surface area contributed by atoms with Crippen molar-refractivity contribution < 1.29 is 14.3 Å². The average Bonchev–Trinajstić information content (AvgIpc) is 3.06. The van der Waals surface area contributed by atoms with Crippen LogP contribution in [0.4, 0.5) is 11.4 Å². The van der Waals surface area contributed by atoms with Crippen molar-refractivity contribution in [3.8, 4) is 5.75 Å². The third kappa shape index (κ3) is 4.60. The molecule has 34 heavy (non-hydrogen) atoms. The van der Waals surface area contributed by atoms with Crippen LogP contribution in [-0.4, -0.2) is 17.9 Å². The summed E-state index contributed by atoms with van der Waals surface area (Å²) < 4.78 is 5.75. The summed E-state index contributed by atoms with van der Waals surface area (Å²) in [4.78, 5) is 28.5. The number of carbonyl (C=O) groups is 2. The number of rotatable bonds is 7. The van der Waals surface area contributed by atoms with Gasteiger partial charge in [-0.3, -0.25) is 9.59 Å². The lowest BCUT2D eigenvalue weighted by Gasteiger charge is -2.16. The van der Waals surface area contributed by atoms with Crippen LogP contribution < -0.4 is 15.0 Å². The summed E-state index contributed by atoms with van der Waals surface area (Å²) in [6, 6.07) is 20.9. The zero-order valence-corrected chi connectivity index (χ0v) is 20.3. The number of hydrogen-bond acceptors (Lipinski definition) is 4. The predicted molar refractivity (Wildman–Crippen MR) is 137 cm³/mol. The fourth-order valence-corrected chi connectivity index (χ4v) is 4.01. The smallest absolute Gasteiger partial charge is 0.282 e. The molecule has 0 radical (unpaired) electrons. The highest BCUT2D eigenvalue weighted by Crippen LogP contribution is 2.35. The van der Waals surface area contributed by atoms with Crippen molar-refractivity contribution in [1.29, 1.82) is 0 Å². The summed E-state index contributed by atoms with van der Waals surface area (Å²) in [5.74, 6) is -0.000542. The third-order valence-corrected chi connectivity index (χ3v) is 5.85. The molecule has 5 nitrogen and oxygen atoms in total. The molecule has 5 heteroatoms. The maximum Gasteiger partial charge on any atom is 0.282 e. The first-order chi connectivity index (χ1) is 16.3. The highest BCUT2D eigenvalue weighted by molar-refractivity contribution is 6.46. The van der Waals surface area contributed by atoms with Crippen molar-refractivity contribution in [2.45, 2.75) is 47.1 Å². The minimum Gasteiger partial charge on any atom is -0.491 e. The van der Waals surface area contributed by atoms with Gasteiger partial charge in [0.2, 0.25) is 0 Å². The Kier molecular flexibility index (Phi) is 6.55. The van der Waals surface area contributed by atoms with Crippen LogP contribution in [0.2, 0.25) is 0 Å². The van der Waals surface area contributed by atoms with E-state index < -0.39 is 0 Å². The van der Waals surface area contributed by atoms with Gasteiger partial charge in [0.15, 0.2) is 0 Å². The van der Waals surface area contributed by atoms with Crippen LogP contribution in [0.1, 0.15) is 43.0 Å². The number of anilines is 2. The fourth-order valence-electron chi connectivity index (χ4n) is 4.01. The van der Waals surface area contributed by atoms with Gasteiger partial charge in [-0.05, 0) is 86.7 Å². The first-order valence-corrected chi connectivity index (χ1v) is 11.6. The number of aryl methyl sites for hydroxylation is 3. The van der Waals surface area contributed by atoms with Crippen molar-refractivity contribution >= 4 is 28.8 Å². The van der Waals surface area contributed by atoms with E-state index in [1.54, 1.807) is 0 Å². The van der Waals surface area contributed by atoms with E-state index in [0.717, 1.165) is 28.8 Å². The Bertz CT molecular complexity index is 1260. The Balaban J connectivity index is 1.79. The molecule has 0 unspecified atom stereocenters. The van der Waals surface area contributed by atoms with Gasteiger partial charge in [-0.1, -0.05) is 43.3 Å². The van der Waals surface area contributed by atoms with Crippen molar-refractivity contribution in [1.82, 2.24) is 0 Å². The maximum atomic E-state index is 13.7. The summed E-state index contributed by atoms with van der Waals surface area (Å²) in [5, 5.41) is 3.28. The SMILES string of the molecule is CCc1ccc(N2C(=O)C(Nc3cc(C)ccc3C)=C(c3ccc(OC(C)C)cc3)C2=O)cc1. The fraction of sp³-hybridized carbons (Fsp3) is 0.241. The van der Waals surface area contributed by atoms with Gasteiger partial charge >= 0.3 is 0 Å². The molecule has 1 aliphatic rings. The number of nitrogens with zero attached hydrogens (tertiary/aromatic N) is 1. The molecule has 2 amide bonds. The molecule has 174 valence electrons. The zero-order valence-electron chi connectivity index (χ0n) is 20.3. The topological polar surface area (TPSA) is 58.6 Å². The van der Waals surface area contributed by atoms with E-state index in [9.17, 15) is 9.59 Å². The number of nitrogens with one attached hydrogen (secondary N) is 1. The standard InChI is InChI=1S/C29H30N2O3/c1-6-21-9-13-23(14-10-21)31-28(32)26(22-11-15-24(16-12-22)34-18(2)3)27(29(31)33)30-25-17-19(4)7-8-20(25)5/h7-18,30H,6H2,1-5H3. The van der Waals surface area contributed by atoms with E-state index in [-0.39, 0.29) is 23.6 Å². The van der Waals surface area contributed by atoms with Gasteiger partial charge < -0.3 is 10.1 Å². The number of benzene rings is 3. The lowest BCUT2D eigenvalue weighted by Crippen LogP contribution is -2.32. The number of ether oxygens (including phenoxy) is 1. The Morgan fingerprint density at radius 2 is 1.56 bits per heavy atom. The van der Waals surface area contributed by atoms with E-state index in [1.807, 2.05) is 94.4 Å². The van der Waals surface area contributed by atoms with Gasteiger partial charge in [0.1, 0.15) is 11.4 Å². The monoisotopic (exact) mass is 454 g/mol. The summed E-state index contributed by atoms with van der Waals surface area (Å²) in [5.41, 5.74) is 5.84. The third-order valence-electron chi connectivity index (χ3n) is 5.85. The van der Waals surface area contributed by atoms with Crippen LogP contribution in [0, 0.1) is 13.8 Å². The molecule has 0 saturated carbocycles. The number of amides is 2. The lowest BCUT2D eigenvalue weighted by molar-refractivity contribution is -0.120. The molecule has 0 aliphatic carbocycles. The molecule has 0 spiro atoms. The second kappa shape index (κ2) is 9.56. The summed E-state index contributed by atoms with van der Waals surface area (Å²) in [6.07, 6.45) is 0.929. The number of hydrogen-bond donors (Lipinski definition) is 1. The molecule has 0 fully saturated rings. The minimum absolute atomic E-state index is 0.0443. The molecule has 1 N–H and O–H groups in total. The van der Waals surface area contributed by atoms with Crippen molar-refractivity contribution in [2.24, 2.45) is 0 Å². The van der Waals surface area contributed by atoms with Crippen LogP contribution in [0.25, 0.3) is 5.57 Å². The summed E-state index contributed by atoms with van der Waals surface area (Å²) in [7, 11) is 0. The maximum absolute atomic E-state index is 13.7. The molecule has 0 saturated heterocycles. The average molecular weight is 455 g/mol. The van der Waals surface area contributed by atoms with Crippen molar-refractivity contribution in [3.05, 3.63) is 94.7 Å². The highest BCUT2D eigenvalue weighted by atomic mass is 16.5. The van der Waals surface area contributed by atoms with Crippen LogP contribution in [0.15, 0.2) is 72.4 Å². The normalized spacial score (nSPS) is 13.8. The van der Waals surface area contributed by atoms with Crippen LogP contribution in [0.5, 0.6) is 5.75 Å². The van der Waals surface area contributed by atoms with Gasteiger partial charge in [0.25, 0.3) is 11.8 Å². The van der Waals surface area contributed by atoms with E-state index in [1.165, 1.54) is 4.90 Å². The summed E-state index contributed by atoms with van der Waals surface area (Å²) in [6.45, 7) is 9.96. The molecule has 0 atom stereocenters. The molecule has 0 bridgehead atoms. The molecular formula is C29H30N2O3. The highest BCUT2D eigenvalue weighted by Gasteiger charge is 2.40. The van der Waals surface area contributed by atoms with E-state index in [4.69, 9.17) is 4.74 Å². The van der Waals surface area contributed by atoms with Crippen LogP contribution in [0.3, 0.4) is 0 Å². The minimum atomic E-state index is -0.368. The molecule has 0 aromatic heterocycles. The Hall–Kier alpha value is -3.86. The van der Waals surface area contributed by atoms with Gasteiger partial charge in [-0.15, -0.1) is 0 Å². The first-order valence-electron chi connectivity index (χ1n) is 11.6. The Labute approximate surface area is 201 Å². The second-order valence-corrected chi connectivity index (χ2v) is 8.85. The molecule has 3 aromatic rings. The van der Waals surface area contributed by atoms with Crippen molar-refractivity contribution in [2.75, 3.05) is 10.2 Å². The first kappa shape index (κ1) is 23.3. The van der Waals surface area contributed by atoms with Crippen LogP contribution in [-0.2, 0) is 16.0 Å². The molecule has 1 aliphatic heterocycles. The lowest BCUT2D eigenvalue weighted by atomic mass is 10.0. The van der Waals surface area contributed by atoms with Gasteiger partial charge in [-0.25, -0.2) is 4.90 Å². The molecular weight excluding hydrogens is 424 g/mol. The second-order valence-electron chi connectivity index (χ2n) is 8.85. The quantitative estimate of drug-likeness (QED) is 0.442. The van der Waals surface area contributed by atoms with Gasteiger partial charge in [0, 0.05) is 5.69 Å². The predicted octanol–water partition coefficient (Wildman–Crippen LogP) is 6.05. The van der Waals surface area contributed by atoms with Crippen molar-refractivity contribution in [3.63, 3.8) is 0 Å². The number of imide groups is 1. The Morgan fingerprint density at radius 3 is 2.18 bits per heavy atom. The van der Waals surface area contributed by atoms with Crippen LogP contribution >= 0.6 is 0 Å².